The molecule has 66 valence electrons. The van der Waals surface area contributed by atoms with Crippen LogP contribution in [-0.4, -0.2) is 0 Å². The van der Waals surface area contributed by atoms with Gasteiger partial charge in [-0.25, -0.2) is 0 Å². The van der Waals surface area contributed by atoms with Crippen molar-refractivity contribution in [3.8, 4) is 0 Å². The predicted molar refractivity (Wildman–Crippen MR) is 58.6 cm³/mol. The van der Waals surface area contributed by atoms with Gasteiger partial charge in [-0.05, 0) is 48.8 Å². The molecule has 1 aliphatic rings. The third-order valence-corrected chi connectivity index (χ3v) is 4.01. The van der Waals surface area contributed by atoms with Crippen LogP contribution in [0.2, 0.25) is 0 Å². The minimum atomic E-state index is 1.29. The summed E-state index contributed by atoms with van der Waals surface area (Å²) < 4.78 is 1.55. The minimum absolute atomic E-state index is 1.29. The maximum atomic E-state index is 2.32. The van der Waals surface area contributed by atoms with E-state index in [1.807, 2.05) is 11.3 Å². The minimum Gasteiger partial charge on any atom is -0.140 e. The van der Waals surface area contributed by atoms with Crippen LogP contribution in [0.15, 0.2) is 18.2 Å². The molecule has 0 unspecified atom stereocenters. The van der Waals surface area contributed by atoms with Gasteiger partial charge in [0.2, 0.25) is 0 Å². The molecular weight excluding hydrogens is 176 g/mol. The third-order valence-electron chi connectivity index (χ3n) is 2.88. The fraction of sp³-hybridized carbons (Fsp3) is 0.333. The van der Waals surface area contributed by atoms with Crippen LogP contribution in [0.4, 0.5) is 0 Å². The molecule has 0 fully saturated rings. The Morgan fingerprint density at radius 1 is 1.23 bits per heavy atom. The van der Waals surface area contributed by atoms with E-state index in [0.29, 0.717) is 0 Å². The van der Waals surface area contributed by atoms with E-state index in [1.165, 1.54) is 29.5 Å². The summed E-state index contributed by atoms with van der Waals surface area (Å²) in [5, 5.41) is 1.45. The molecule has 0 bridgehead atoms. The van der Waals surface area contributed by atoms with Gasteiger partial charge in [0, 0.05) is 9.58 Å². The Labute approximate surface area is 82.2 Å². The normalized spacial score (nSPS) is 15.2. The maximum absolute atomic E-state index is 2.32. The maximum Gasteiger partial charge on any atom is 0.0380 e. The standard InChI is InChI=1S/C12H12S/c1-8-7-10-6-5-9-3-2-4-11(9)12(10)13-8/h5-7H,2-4H2,1H3. The zero-order valence-corrected chi connectivity index (χ0v) is 8.58. The Morgan fingerprint density at radius 3 is 3.08 bits per heavy atom. The molecule has 0 saturated carbocycles. The van der Waals surface area contributed by atoms with Crippen molar-refractivity contribution in [3.63, 3.8) is 0 Å². The zero-order valence-electron chi connectivity index (χ0n) is 7.76. The molecule has 1 heterocycles. The lowest BCUT2D eigenvalue weighted by atomic mass is 10.1. The number of thiophene rings is 1. The van der Waals surface area contributed by atoms with Crippen molar-refractivity contribution in [2.24, 2.45) is 0 Å². The highest BCUT2D eigenvalue weighted by molar-refractivity contribution is 7.19. The molecule has 0 aliphatic heterocycles. The second kappa shape index (κ2) is 2.58. The first-order chi connectivity index (χ1) is 6.34. The third kappa shape index (κ3) is 1.03. The Bertz CT molecular complexity index is 465. The van der Waals surface area contributed by atoms with Gasteiger partial charge in [-0.2, -0.15) is 0 Å². The Kier molecular flexibility index (Phi) is 1.50. The first kappa shape index (κ1) is 7.57. The second-order valence-corrected chi connectivity index (χ2v) is 5.09. The number of fused-ring (bicyclic) bond motifs is 3. The van der Waals surface area contributed by atoms with Gasteiger partial charge in [0.1, 0.15) is 0 Å². The largest absolute Gasteiger partial charge is 0.140 e. The first-order valence-corrected chi connectivity index (χ1v) is 5.67. The number of hydrogen-bond acceptors (Lipinski definition) is 1. The smallest absolute Gasteiger partial charge is 0.0380 e. The highest BCUT2D eigenvalue weighted by Crippen LogP contribution is 2.34. The van der Waals surface area contributed by atoms with E-state index in [2.05, 4.69) is 25.1 Å². The molecule has 1 aromatic heterocycles. The molecule has 1 aromatic carbocycles. The van der Waals surface area contributed by atoms with E-state index in [4.69, 9.17) is 0 Å². The molecule has 0 atom stereocenters. The van der Waals surface area contributed by atoms with Crippen LogP contribution in [-0.2, 0) is 12.8 Å². The lowest BCUT2D eigenvalue weighted by Gasteiger charge is -1.98. The van der Waals surface area contributed by atoms with Crippen LogP contribution in [0.1, 0.15) is 22.4 Å². The lowest BCUT2D eigenvalue weighted by Crippen LogP contribution is -1.79. The molecule has 2 aromatic rings. The molecule has 0 radical (unpaired) electrons. The number of hydrogen-bond donors (Lipinski definition) is 0. The van der Waals surface area contributed by atoms with Crippen LogP contribution in [0.3, 0.4) is 0 Å². The van der Waals surface area contributed by atoms with Gasteiger partial charge >= 0.3 is 0 Å². The molecule has 1 aliphatic carbocycles. The van der Waals surface area contributed by atoms with E-state index in [1.54, 1.807) is 15.8 Å². The van der Waals surface area contributed by atoms with Gasteiger partial charge in [0.15, 0.2) is 0 Å². The fourth-order valence-corrected chi connectivity index (χ4v) is 3.40. The quantitative estimate of drug-likeness (QED) is 0.591. The van der Waals surface area contributed by atoms with Crippen molar-refractivity contribution in [1.29, 1.82) is 0 Å². The molecule has 0 spiro atoms. The number of benzene rings is 1. The summed E-state index contributed by atoms with van der Waals surface area (Å²) in [4.78, 5) is 1.44. The predicted octanol–water partition coefficient (Wildman–Crippen LogP) is 3.70. The van der Waals surface area contributed by atoms with Gasteiger partial charge in [-0.15, -0.1) is 11.3 Å². The summed E-state index contributed by atoms with van der Waals surface area (Å²) in [5.41, 5.74) is 3.23. The van der Waals surface area contributed by atoms with E-state index in [0.717, 1.165) is 0 Å². The van der Waals surface area contributed by atoms with E-state index in [9.17, 15) is 0 Å². The highest BCUT2D eigenvalue weighted by atomic mass is 32.1. The van der Waals surface area contributed by atoms with Crippen molar-refractivity contribution < 1.29 is 0 Å². The van der Waals surface area contributed by atoms with Crippen molar-refractivity contribution in [3.05, 3.63) is 34.2 Å². The summed E-state index contributed by atoms with van der Waals surface area (Å²) in [6, 6.07) is 6.90. The fourth-order valence-electron chi connectivity index (χ4n) is 2.29. The summed E-state index contributed by atoms with van der Waals surface area (Å²) >= 11 is 1.96. The van der Waals surface area contributed by atoms with Crippen molar-refractivity contribution in [2.75, 3.05) is 0 Å². The first-order valence-electron chi connectivity index (χ1n) is 4.85. The molecule has 0 saturated heterocycles. The Hall–Kier alpha value is -0.820. The van der Waals surface area contributed by atoms with Crippen molar-refractivity contribution >= 4 is 21.4 Å². The van der Waals surface area contributed by atoms with Crippen LogP contribution in [0.5, 0.6) is 0 Å². The van der Waals surface area contributed by atoms with Crippen LogP contribution >= 0.6 is 11.3 Å². The molecule has 1 heteroatoms. The van der Waals surface area contributed by atoms with Gasteiger partial charge in [-0.3, -0.25) is 0 Å². The Balaban J connectivity index is 2.42. The molecule has 3 rings (SSSR count). The van der Waals surface area contributed by atoms with E-state index >= 15 is 0 Å². The van der Waals surface area contributed by atoms with Crippen molar-refractivity contribution in [2.45, 2.75) is 26.2 Å². The summed E-state index contributed by atoms with van der Waals surface area (Å²) in [7, 11) is 0. The molecule has 0 amide bonds. The summed E-state index contributed by atoms with van der Waals surface area (Å²) in [6.07, 6.45) is 3.94. The second-order valence-electron chi connectivity index (χ2n) is 3.83. The average molecular weight is 188 g/mol. The molecule has 0 nitrogen and oxygen atoms in total. The Morgan fingerprint density at radius 2 is 2.15 bits per heavy atom. The lowest BCUT2D eigenvalue weighted by molar-refractivity contribution is 0.914. The molecule has 13 heavy (non-hydrogen) atoms. The topological polar surface area (TPSA) is 0 Å². The van der Waals surface area contributed by atoms with Crippen molar-refractivity contribution in [1.82, 2.24) is 0 Å². The van der Waals surface area contributed by atoms with E-state index in [-0.39, 0.29) is 0 Å². The molecular formula is C12H12S. The summed E-state index contributed by atoms with van der Waals surface area (Å²) in [6.45, 7) is 2.20. The van der Waals surface area contributed by atoms with Gasteiger partial charge in [0.25, 0.3) is 0 Å². The van der Waals surface area contributed by atoms with Gasteiger partial charge in [-0.1, -0.05) is 12.1 Å². The SMILES string of the molecule is Cc1cc2ccc3c(c2s1)CCC3. The molecule has 0 N–H and O–H groups in total. The number of aryl methyl sites for hydroxylation is 3. The van der Waals surface area contributed by atoms with E-state index < -0.39 is 0 Å². The highest BCUT2D eigenvalue weighted by Gasteiger charge is 2.14. The number of rotatable bonds is 0. The van der Waals surface area contributed by atoms with Gasteiger partial charge < -0.3 is 0 Å². The van der Waals surface area contributed by atoms with Crippen LogP contribution in [0.25, 0.3) is 10.1 Å². The zero-order chi connectivity index (χ0) is 8.84. The average Bonchev–Trinajstić information content (AvgIpc) is 2.65. The monoisotopic (exact) mass is 188 g/mol. The van der Waals surface area contributed by atoms with Gasteiger partial charge in [0.05, 0.1) is 0 Å². The van der Waals surface area contributed by atoms with Crippen LogP contribution in [0, 0.1) is 6.92 Å². The summed E-state index contributed by atoms with van der Waals surface area (Å²) in [5.74, 6) is 0. The van der Waals surface area contributed by atoms with Crippen LogP contribution < -0.4 is 0 Å².